The Hall–Kier alpha value is -2.43. The van der Waals surface area contributed by atoms with Gasteiger partial charge in [0.15, 0.2) is 0 Å². The molecule has 5 heteroatoms. The minimum atomic E-state index is -0.591. The SMILES string of the molecule is CCOc1ccc(NC(=O)C2(c3ccc(F)cc3)CCCC2)cn1. The Kier molecular flexibility index (Phi) is 4.79. The summed E-state index contributed by atoms with van der Waals surface area (Å²) >= 11 is 0. The van der Waals surface area contributed by atoms with E-state index in [1.54, 1.807) is 30.5 Å². The Balaban J connectivity index is 1.81. The van der Waals surface area contributed by atoms with E-state index in [2.05, 4.69) is 10.3 Å². The van der Waals surface area contributed by atoms with Gasteiger partial charge in [-0.15, -0.1) is 0 Å². The molecule has 24 heavy (non-hydrogen) atoms. The van der Waals surface area contributed by atoms with Crippen LogP contribution < -0.4 is 10.1 Å². The molecule has 0 bridgehead atoms. The van der Waals surface area contributed by atoms with Gasteiger partial charge in [-0.1, -0.05) is 25.0 Å². The molecule has 1 aromatic heterocycles. The Bertz CT molecular complexity index is 692. The lowest BCUT2D eigenvalue weighted by Gasteiger charge is -2.28. The number of ether oxygens (including phenoxy) is 1. The average Bonchev–Trinajstić information content (AvgIpc) is 3.08. The number of carbonyl (C=O) groups excluding carboxylic acids is 1. The Morgan fingerprint density at radius 3 is 2.50 bits per heavy atom. The predicted octanol–water partition coefficient (Wildman–Crippen LogP) is 4.07. The van der Waals surface area contributed by atoms with Crippen LogP contribution in [0.25, 0.3) is 0 Å². The van der Waals surface area contributed by atoms with Crippen molar-refractivity contribution in [2.45, 2.75) is 38.0 Å². The van der Waals surface area contributed by atoms with Gasteiger partial charge in [0.05, 0.1) is 23.9 Å². The molecule has 1 aromatic carbocycles. The van der Waals surface area contributed by atoms with E-state index in [0.29, 0.717) is 18.2 Å². The minimum absolute atomic E-state index is 0.0578. The van der Waals surface area contributed by atoms with E-state index in [1.165, 1.54) is 12.1 Å². The molecule has 1 saturated carbocycles. The van der Waals surface area contributed by atoms with Crippen LogP contribution in [0.15, 0.2) is 42.6 Å². The van der Waals surface area contributed by atoms with Crippen molar-refractivity contribution in [2.75, 3.05) is 11.9 Å². The van der Waals surface area contributed by atoms with Crippen molar-refractivity contribution in [3.05, 3.63) is 54.0 Å². The molecule has 0 saturated heterocycles. The van der Waals surface area contributed by atoms with Gasteiger partial charge in [-0.25, -0.2) is 9.37 Å². The molecule has 3 rings (SSSR count). The maximum absolute atomic E-state index is 13.2. The fourth-order valence-corrected chi connectivity index (χ4v) is 3.33. The van der Waals surface area contributed by atoms with Crippen LogP contribution in [-0.2, 0) is 10.2 Å². The zero-order chi connectivity index (χ0) is 17.0. The van der Waals surface area contributed by atoms with Crippen molar-refractivity contribution in [1.29, 1.82) is 0 Å². The van der Waals surface area contributed by atoms with Crippen molar-refractivity contribution >= 4 is 11.6 Å². The number of hydrogen-bond donors (Lipinski definition) is 1. The molecule has 1 fully saturated rings. The molecular formula is C19H21FN2O2. The van der Waals surface area contributed by atoms with Crippen LogP contribution in [0.4, 0.5) is 10.1 Å². The summed E-state index contributed by atoms with van der Waals surface area (Å²) in [4.78, 5) is 17.1. The first-order chi connectivity index (χ1) is 11.6. The molecule has 0 atom stereocenters. The number of rotatable bonds is 5. The van der Waals surface area contributed by atoms with Crippen LogP contribution in [0.5, 0.6) is 5.88 Å². The number of amides is 1. The third-order valence-electron chi connectivity index (χ3n) is 4.57. The van der Waals surface area contributed by atoms with E-state index in [0.717, 1.165) is 31.2 Å². The fraction of sp³-hybridized carbons (Fsp3) is 0.368. The van der Waals surface area contributed by atoms with Crippen molar-refractivity contribution in [1.82, 2.24) is 4.98 Å². The highest BCUT2D eigenvalue weighted by Gasteiger charge is 2.42. The molecule has 1 N–H and O–H groups in total. The number of benzene rings is 1. The first-order valence-electron chi connectivity index (χ1n) is 8.30. The number of aromatic nitrogens is 1. The number of anilines is 1. The van der Waals surface area contributed by atoms with Crippen LogP contribution in [0.2, 0.25) is 0 Å². The molecule has 0 spiro atoms. The van der Waals surface area contributed by atoms with E-state index in [4.69, 9.17) is 4.74 Å². The summed E-state index contributed by atoms with van der Waals surface area (Å²) in [5, 5.41) is 2.96. The molecule has 126 valence electrons. The average molecular weight is 328 g/mol. The first-order valence-corrected chi connectivity index (χ1v) is 8.30. The molecule has 1 aliphatic carbocycles. The molecule has 0 radical (unpaired) electrons. The summed E-state index contributed by atoms with van der Waals surface area (Å²) in [5.74, 6) is 0.185. The minimum Gasteiger partial charge on any atom is -0.478 e. The van der Waals surface area contributed by atoms with Gasteiger partial charge in [0, 0.05) is 6.07 Å². The zero-order valence-electron chi connectivity index (χ0n) is 13.7. The normalized spacial score (nSPS) is 15.9. The van der Waals surface area contributed by atoms with Gasteiger partial charge in [-0.05, 0) is 43.5 Å². The largest absolute Gasteiger partial charge is 0.478 e. The van der Waals surface area contributed by atoms with Gasteiger partial charge in [0.1, 0.15) is 5.82 Å². The van der Waals surface area contributed by atoms with Crippen molar-refractivity contribution in [2.24, 2.45) is 0 Å². The van der Waals surface area contributed by atoms with E-state index in [9.17, 15) is 9.18 Å². The highest BCUT2D eigenvalue weighted by molar-refractivity contribution is 5.99. The Morgan fingerprint density at radius 1 is 1.21 bits per heavy atom. The van der Waals surface area contributed by atoms with Crippen LogP contribution in [0.3, 0.4) is 0 Å². The van der Waals surface area contributed by atoms with Gasteiger partial charge in [0.25, 0.3) is 0 Å². The second-order valence-electron chi connectivity index (χ2n) is 6.07. The first kappa shape index (κ1) is 16.4. The summed E-state index contributed by atoms with van der Waals surface area (Å²) in [6.45, 7) is 2.44. The third kappa shape index (κ3) is 3.25. The topological polar surface area (TPSA) is 51.2 Å². The van der Waals surface area contributed by atoms with Gasteiger partial charge in [-0.3, -0.25) is 4.79 Å². The van der Waals surface area contributed by atoms with Gasteiger partial charge >= 0.3 is 0 Å². The fourth-order valence-electron chi connectivity index (χ4n) is 3.33. The standard InChI is InChI=1S/C19H21FN2O2/c1-2-24-17-10-9-16(13-21-17)22-18(23)19(11-3-4-12-19)14-5-7-15(20)8-6-14/h5-10,13H,2-4,11-12H2,1H3,(H,22,23). The third-order valence-corrected chi connectivity index (χ3v) is 4.57. The van der Waals surface area contributed by atoms with Crippen LogP contribution in [0, 0.1) is 5.82 Å². The Morgan fingerprint density at radius 2 is 1.92 bits per heavy atom. The second kappa shape index (κ2) is 6.99. The van der Waals surface area contributed by atoms with Crippen LogP contribution in [0.1, 0.15) is 38.2 Å². The van der Waals surface area contributed by atoms with E-state index >= 15 is 0 Å². The summed E-state index contributed by atoms with van der Waals surface area (Å²) in [5.41, 5.74) is 0.918. The number of pyridine rings is 1. The summed E-state index contributed by atoms with van der Waals surface area (Å²) < 4.78 is 18.5. The lowest BCUT2D eigenvalue weighted by atomic mass is 9.78. The van der Waals surface area contributed by atoms with Crippen LogP contribution in [-0.4, -0.2) is 17.5 Å². The molecule has 2 aromatic rings. The quantitative estimate of drug-likeness (QED) is 0.900. The number of hydrogen-bond acceptors (Lipinski definition) is 3. The van der Waals surface area contributed by atoms with Gasteiger partial charge in [-0.2, -0.15) is 0 Å². The molecule has 1 aliphatic rings. The summed E-state index contributed by atoms with van der Waals surface area (Å²) in [7, 11) is 0. The summed E-state index contributed by atoms with van der Waals surface area (Å²) in [6, 6.07) is 9.79. The van der Waals surface area contributed by atoms with Gasteiger partial charge in [0.2, 0.25) is 11.8 Å². The summed E-state index contributed by atoms with van der Waals surface area (Å²) in [6.07, 6.45) is 5.12. The van der Waals surface area contributed by atoms with Crippen molar-refractivity contribution < 1.29 is 13.9 Å². The van der Waals surface area contributed by atoms with Gasteiger partial charge < -0.3 is 10.1 Å². The van der Waals surface area contributed by atoms with E-state index < -0.39 is 5.41 Å². The number of nitrogens with one attached hydrogen (secondary N) is 1. The lowest BCUT2D eigenvalue weighted by molar-refractivity contribution is -0.121. The smallest absolute Gasteiger partial charge is 0.235 e. The van der Waals surface area contributed by atoms with E-state index in [1.807, 2.05) is 6.92 Å². The van der Waals surface area contributed by atoms with E-state index in [-0.39, 0.29) is 11.7 Å². The molecular weight excluding hydrogens is 307 g/mol. The maximum atomic E-state index is 13.2. The number of halogens is 1. The number of nitrogens with zero attached hydrogens (tertiary/aromatic N) is 1. The zero-order valence-corrected chi connectivity index (χ0v) is 13.7. The van der Waals surface area contributed by atoms with Crippen molar-refractivity contribution in [3.63, 3.8) is 0 Å². The molecule has 1 heterocycles. The maximum Gasteiger partial charge on any atom is 0.235 e. The highest BCUT2D eigenvalue weighted by Crippen LogP contribution is 2.42. The molecule has 1 amide bonds. The monoisotopic (exact) mass is 328 g/mol. The second-order valence-corrected chi connectivity index (χ2v) is 6.07. The highest BCUT2D eigenvalue weighted by atomic mass is 19.1. The molecule has 4 nitrogen and oxygen atoms in total. The Labute approximate surface area is 141 Å². The van der Waals surface area contributed by atoms with Crippen LogP contribution >= 0.6 is 0 Å². The molecule has 0 aliphatic heterocycles. The number of carbonyl (C=O) groups is 1. The molecule has 0 unspecified atom stereocenters. The lowest BCUT2D eigenvalue weighted by Crippen LogP contribution is -2.38. The predicted molar refractivity (Wildman–Crippen MR) is 90.6 cm³/mol. The van der Waals surface area contributed by atoms with Crippen molar-refractivity contribution in [3.8, 4) is 5.88 Å².